The number of carbonyl (C=O) groups is 2. The maximum Gasteiger partial charge on any atom is 0.323 e. The third-order valence-electron chi connectivity index (χ3n) is 8.46. The van der Waals surface area contributed by atoms with Gasteiger partial charge in [-0.15, -0.1) is 0 Å². The fraction of sp³-hybridized carbons (Fsp3) is 0.444. The van der Waals surface area contributed by atoms with Gasteiger partial charge < -0.3 is 25.8 Å². The van der Waals surface area contributed by atoms with Crippen LogP contribution < -0.4 is 20.7 Å². The smallest absolute Gasteiger partial charge is 0.323 e. The van der Waals surface area contributed by atoms with Crippen LogP contribution in [0.2, 0.25) is 0 Å². The molecule has 0 aliphatic rings. The molecule has 0 aliphatic heterocycles. The fourth-order valence-electron chi connectivity index (χ4n) is 4.62. The summed E-state index contributed by atoms with van der Waals surface area (Å²) in [6.45, 7) is 17.3. The van der Waals surface area contributed by atoms with Gasteiger partial charge in [-0.25, -0.2) is 4.79 Å². The van der Waals surface area contributed by atoms with Gasteiger partial charge in [0.1, 0.15) is 11.5 Å². The number of carbonyl (C=O) groups excluding carboxylic acids is 2. The number of aromatic hydroxyl groups is 1. The van der Waals surface area contributed by atoms with E-state index in [0.29, 0.717) is 17.8 Å². The molecular formula is C36H49N3O4. The number of phenols is 1. The molecule has 0 fully saturated rings. The normalized spacial score (nSPS) is 12.4. The number of hydrogen-bond donors (Lipinski definition) is 4. The van der Waals surface area contributed by atoms with E-state index < -0.39 is 12.1 Å². The Balaban J connectivity index is 1.78. The fourth-order valence-corrected chi connectivity index (χ4v) is 4.62. The van der Waals surface area contributed by atoms with Gasteiger partial charge in [0.05, 0.1) is 5.69 Å². The molecule has 0 saturated heterocycles. The molecule has 43 heavy (non-hydrogen) atoms. The van der Waals surface area contributed by atoms with Crippen molar-refractivity contribution >= 4 is 29.0 Å². The predicted octanol–water partition coefficient (Wildman–Crippen LogP) is 9.30. The highest BCUT2D eigenvalue weighted by molar-refractivity contribution is 6.01. The highest BCUT2D eigenvalue weighted by Crippen LogP contribution is 2.39. The zero-order valence-corrected chi connectivity index (χ0v) is 27.1. The van der Waals surface area contributed by atoms with Gasteiger partial charge in [-0.1, -0.05) is 84.7 Å². The molecular weight excluding hydrogens is 538 g/mol. The minimum atomic E-state index is -0.711. The van der Waals surface area contributed by atoms with E-state index in [4.69, 9.17) is 4.74 Å². The molecule has 232 valence electrons. The van der Waals surface area contributed by atoms with Crippen LogP contribution in [0, 0.1) is 6.92 Å². The van der Waals surface area contributed by atoms with Gasteiger partial charge in [0.25, 0.3) is 5.91 Å². The van der Waals surface area contributed by atoms with Gasteiger partial charge in [0.2, 0.25) is 0 Å². The molecule has 0 saturated carbocycles. The molecule has 3 rings (SSSR count). The molecule has 0 radical (unpaired) electrons. The molecule has 3 aromatic rings. The summed E-state index contributed by atoms with van der Waals surface area (Å²) in [6, 6.07) is 17.9. The van der Waals surface area contributed by atoms with Crippen molar-refractivity contribution in [3.8, 4) is 11.5 Å². The molecule has 0 aliphatic carbocycles. The molecule has 0 heterocycles. The lowest BCUT2D eigenvalue weighted by atomic mass is 9.76. The molecule has 3 amide bonds. The second-order valence-electron chi connectivity index (χ2n) is 12.6. The van der Waals surface area contributed by atoms with Crippen molar-refractivity contribution in [3.63, 3.8) is 0 Å². The quantitative estimate of drug-likeness (QED) is 0.150. The van der Waals surface area contributed by atoms with E-state index in [1.54, 1.807) is 24.3 Å². The van der Waals surface area contributed by atoms with E-state index in [2.05, 4.69) is 76.5 Å². The van der Waals surface area contributed by atoms with E-state index >= 15 is 0 Å². The summed E-state index contributed by atoms with van der Waals surface area (Å²) in [5.74, 6) is 0.272. The molecule has 1 unspecified atom stereocenters. The monoisotopic (exact) mass is 587 g/mol. The second kappa shape index (κ2) is 14.5. The Labute approximate surface area is 257 Å². The van der Waals surface area contributed by atoms with Crippen LogP contribution in [0.15, 0.2) is 60.7 Å². The second-order valence-corrected chi connectivity index (χ2v) is 12.6. The topological polar surface area (TPSA) is 99.7 Å². The van der Waals surface area contributed by atoms with E-state index in [9.17, 15) is 14.7 Å². The number of rotatable bonds is 13. The highest BCUT2D eigenvalue weighted by atomic mass is 16.5. The maximum atomic E-state index is 13.5. The Morgan fingerprint density at radius 3 is 2.07 bits per heavy atom. The Hall–Kier alpha value is -4.00. The first-order valence-electron chi connectivity index (χ1n) is 15.4. The number of ether oxygens (including phenoxy) is 1. The SMILES string of the molecule is CCCCC(Oc1ccc(C(C)(C)CC)cc1C(C)(C)CC)C(=O)Nc1ccc(NC(=O)Nc2ccc(C)cc2)c(O)c1. The number of benzene rings is 3. The van der Waals surface area contributed by atoms with Crippen LogP contribution in [0.5, 0.6) is 11.5 Å². The molecule has 0 bridgehead atoms. The van der Waals surface area contributed by atoms with Gasteiger partial charge >= 0.3 is 6.03 Å². The van der Waals surface area contributed by atoms with E-state index in [1.807, 2.05) is 25.1 Å². The van der Waals surface area contributed by atoms with Crippen molar-refractivity contribution in [2.45, 2.75) is 104 Å². The van der Waals surface area contributed by atoms with Crippen LogP contribution in [-0.4, -0.2) is 23.1 Å². The van der Waals surface area contributed by atoms with Gasteiger partial charge in [-0.3, -0.25) is 4.79 Å². The van der Waals surface area contributed by atoms with Crippen molar-refractivity contribution < 1.29 is 19.4 Å². The summed E-state index contributed by atoms with van der Waals surface area (Å²) < 4.78 is 6.50. The van der Waals surface area contributed by atoms with E-state index in [1.165, 1.54) is 11.6 Å². The number of aryl methyl sites for hydroxylation is 1. The number of anilines is 3. The molecule has 7 nitrogen and oxygen atoms in total. The number of urea groups is 1. The van der Waals surface area contributed by atoms with Gasteiger partial charge in [-0.2, -0.15) is 0 Å². The largest absolute Gasteiger partial charge is 0.506 e. The Morgan fingerprint density at radius 2 is 1.47 bits per heavy atom. The zero-order valence-electron chi connectivity index (χ0n) is 27.1. The van der Waals surface area contributed by atoms with Crippen LogP contribution >= 0.6 is 0 Å². The van der Waals surface area contributed by atoms with Gasteiger partial charge in [-0.05, 0) is 79.3 Å². The number of nitrogens with one attached hydrogen (secondary N) is 3. The zero-order chi connectivity index (χ0) is 31.8. The summed E-state index contributed by atoms with van der Waals surface area (Å²) in [6.07, 6.45) is 3.54. The lowest BCUT2D eigenvalue weighted by Crippen LogP contribution is -2.34. The van der Waals surface area contributed by atoms with Gasteiger partial charge in [0.15, 0.2) is 6.10 Å². The van der Waals surface area contributed by atoms with E-state index in [0.717, 1.165) is 42.6 Å². The van der Waals surface area contributed by atoms with Crippen LogP contribution in [0.3, 0.4) is 0 Å². The molecule has 3 aromatic carbocycles. The average Bonchev–Trinajstić information content (AvgIpc) is 2.97. The van der Waals surface area contributed by atoms with Crippen molar-refractivity contribution in [2.75, 3.05) is 16.0 Å². The lowest BCUT2D eigenvalue weighted by molar-refractivity contribution is -0.123. The molecule has 4 N–H and O–H groups in total. The molecule has 0 aromatic heterocycles. The summed E-state index contributed by atoms with van der Waals surface area (Å²) in [7, 11) is 0. The van der Waals surface area contributed by atoms with Crippen LogP contribution in [0.1, 0.15) is 97.3 Å². The Morgan fingerprint density at radius 1 is 0.814 bits per heavy atom. The highest BCUT2D eigenvalue weighted by Gasteiger charge is 2.29. The van der Waals surface area contributed by atoms with Crippen molar-refractivity contribution in [1.29, 1.82) is 0 Å². The first-order valence-corrected chi connectivity index (χ1v) is 15.4. The number of phenolic OH excluding ortho intramolecular Hbond substituents is 1. The third kappa shape index (κ3) is 8.99. The maximum absolute atomic E-state index is 13.5. The molecule has 7 heteroatoms. The van der Waals surface area contributed by atoms with Crippen LogP contribution in [0.4, 0.5) is 21.9 Å². The number of unbranched alkanes of at least 4 members (excludes halogenated alkanes) is 1. The van der Waals surface area contributed by atoms with Crippen molar-refractivity contribution in [2.24, 2.45) is 0 Å². The first-order chi connectivity index (χ1) is 20.3. The summed E-state index contributed by atoms with van der Waals surface area (Å²) in [4.78, 5) is 26.0. The molecule has 1 atom stereocenters. The number of amides is 3. The first kappa shape index (κ1) is 33.5. The average molecular weight is 588 g/mol. The van der Waals surface area contributed by atoms with Gasteiger partial charge in [0, 0.05) is 23.0 Å². The lowest BCUT2D eigenvalue weighted by Gasteiger charge is -2.31. The van der Waals surface area contributed by atoms with Crippen LogP contribution in [-0.2, 0) is 15.6 Å². The predicted molar refractivity (Wildman–Crippen MR) is 178 cm³/mol. The Kier molecular flexibility index (Phi) is 11.3. The standard InChI is InChI=1S/C36H49N3O4/c1-9-12-13-32(43-31-21-16-25(35(5,6)10-2)22-28(31)36(7,8)11-3)33(41)37-27-19-20-29(30(40)23-27)39-34(42)38-26-17-14-24(4)15-18-26/h14-23,32,40H,9-13H2,1-8H3,(H,37,41)(H2,38,39,42). The summed E-state index contributed by atoms with van der Waals surface area (Å²) >= 11 is 0. The van der Waals surface area contributed by atoms with E-state index in [-0.39, 0.29) is 28.2 Å². The van der Waals surface area contributed by atoms with Crippen LogP contribution in [0.25, 0.3) is 0 Å². The number of hydrogen-bond acceptors (Lipinski definition) is 4. The van der Waals surface area contributed by atoms with Crippen molar-refractivity contribution in [1.82, 2.24) is 0 Å². The summed E-state index contributed by atoms with van der Waals surface area (Å²) in [5, 5.41) is 18.9. The summed E-state index contributed by atoms with van der Waals surface area (Å²) in [5.41, 5.74) is 4.60. The Bertz CT molecular complexity index is 1400. The minimum absolute atomic E-state index is 0.0282. The molecule has 0 spiro atoms. The third-order valence-corrected chi connectivity index (χ3v) is 8.46. The minimum Gasteiger partial charge on any atom is -0.506 e. The van der Waals surface area contributed by atoms with Crippen molar-refractivity contribution in [3.05, 3.63) is 77.4 Å².